The van der Waals surface area contributed by atoms with Crippen molar-refractivity contribution < 1.29 is 26.4 Å². The van der Waals surface area contributed by atoms with Crippen LogP contribution in [-0.2, 0) is 16.2 Å². The Morgan fingerprint density at radius 3 is 2.33 bits per heavy atom. The molecule has 1 saturated heterocycles. The minimum atomic E-state index is -4.70. The van der Waals surface area contributed by atoms with E-state index in [-0.39, 0.29) is 37.1 Å². The maximum Gasteiger partial charge on any atom is 0.416 e. The lowest BCUT2D eigenvalue weighted by Crippen LogP contribution is -2.50. The van der Waals surface area contributed by atoms with Crippen LogP contribution in [0.4, 0.5) is 13.2 Å². The van der Waals surface area contributed by atoms with Crippen molar-refractivity contribution in [1.29, 1.82) is 0 Å². The maximum absolute atomic E-state index is 13.1. The van der Waals surface area contributed by atoms with Crippen LogP contribution in [0.5, 0.6) is 0 Å². The molecule has 0 aliphatic carbocycles. The number of hydrogen-bond acceptors (Lipinski definition) is 3. The Balaban J connectivity index is 1.52. The number of halogens is 4. The summed E-state index contributed by atoms with van der Waals surface area (Å²) >= 11 is 5.93. The number of carbonyl (C=O) groups excluding carboxylic acids is 1. The summed E-state index contributed by atoms with van der Waals surface area (Å²) in [6.07, 6.45) is -4.70. The molecular weight excluding hydrogens is 479 g/mol. The molecule has 0 unspecified atom stereocenters. The summed E-state index contributed by atoms with van der Waals surface area (Å²) in [5, 5.41) is 0.658. The van der Waals surface area contributed by atoms with E-state index < -0.39 is 26.7 Å². The van der Waals surface area contributed by atoms with Crippen molar-refractivity contribution in [3.8, 4) is 0 Å². The number of alkyl halides is 3. The van der Waals surface area contributed by atoms with Crippen LogP contribution in [0.2, 0.25) is 5.02 Å². The van der Waals surface area contributed by atoms with Crippen LogP contribution in [0.25, 0.3) is 10.9 Å². The predicted octanol–water partition coefficient (Wildman–Crippen LogP) is 4.60. The van der Waals surface area contributed by atoms with E-state index in [0.717, 1.165) is 38.6 Å². The van der Waals surface area contributed by atoms with E-state index in [4.69, 9.17) is 11.6 Å². The molecule has 1 aromatic heterocycles. The SMILES string of the molecule is Cc1[nH]c2ccc(C(=O)N3CCN(S(=O)(=O)c4cc(C(F)(F)F)ccc4Cl)CC3)cc2c1C. The van der Waals surface area contributed by atoms with E-state index in [2.05, 4.69) is 4.98 Å². The van der Waals surface area contributed by atoms with E-state index >= 15 is 0 Å². The number of fused-ring (bicyclic) bond motifs is 1. The van der Waals surface area contributed by atoms with Crippen LogP contribution < -0.4 is 0 Å². The highest BCUT2D eigenvalue weighted by Gasteiger charge is 2.36. The van der Waals surface area contributed by atoms with Gasteiger partial charge in [0.1, 0.15) is 4.90 Å². The molecule has 1 amide bonds. The zero-order chi connectivity index (χ0) is 24.1. The van der Waals surface area contributed by atoms with Crippen molar-refractivity contribution in [3.05, 3.63) is 63.8 Å². The molecule has 1 N–H and O–H groups in total. The highest BCUT2D eigenvalue weighted by molar-refractivity contribution is 7.89. The zero-order valence-corrected chi connectivity index (χ0v) is 19.4. The van der Waals surface area contributed by atoms with Gasteiger partial charge in [0.25, 0.3) is 5.91 Å². The Hall–Kier alpha value is -2.56. The second-order valence-electron chi connectivity index (χ2n) is 7.97. The number of rotatable bonds is 3. The summed E-state index contributed by atoms with van der Waals surface area (Å²) in [6, 6.07) is 7.57. The number of carbonyl (C=O) groups is 1. The number of H-pyrrole nitrogens is 1. The van der Waals surface area contributed by atoms with Crippen LogP contribution in [0, 0.1) is 13.8 Å². The van der Waals surface area contributed by atoms with Crippen LogP contribution in [0.15, 0.2) is 41.3 Å². The molecule has 6 nitrogen and oxygen atoms in total. The standard InChI is InChI=1S/C22H21ClF3N3O3S/c1-13-14(2)27-19-6-3-15(11-17(13)19)21(30)28-7-9-29(10-8-28)33(31,32)20-12-16(22(24,25)26)4-5-18(20)23/h3-6,11-12,27H,7-10H2,1-2H3. The first-order valence-corrected chi connectivity index (χ1v) is 12.0. The first-order chi connectivity index (χ1) is 15.4. The van der Waals surface area contributed by atoms with Crippen LogP contribution in [-0.4, -0.2) is 54.7 Å². The Bertz CT molecular complexity index is 1340. The molecule has 11 heteroatoms. The molecule has 0 bridgehead atoms. The van der Waals surface area contributed by atoms with Crippen molar-refractivity contribution in [2.75, 3.05) is 26.2 Å². The molecular formula is C22H21ClF3N3O3S. The number of hydrogen-bond donors (Lipinski definition) is 1. The Labute approximate surface area is 194 Å². The van der Waals surface area contributed by atoms with Crippen molar-refractivity contribution in [3.63, 3.8) is 0 Å². The number of piperazine rings is 1. The fourth-order valence-corrected chi connectivity index (χ4v) is 5.85. The Morgan fingerprint density at radius 2 is 1.70 bits per heavy atom. The van der Waals surface area contributed by atoms with Crippen molar-refractivity contribution in [2.45, 2.75) is 24.9 Å². The van der Waals surface area contributed by atoms with Crippen molar-refractivity contribution in [2.24, 2.45) is 0 Å². The molecule has 1 fully saturated rings. The van der Waals surface area contributed by atoms with Gasteiger partial charge in [-0.2, -0.15) is 17.5 Å². The van der Waals surface area contributed by atoms with E-state index in [1.165, 1.54) is 4.90 Å². The summed E-state index contributed by atoms with van der Waals surface area (Å²) in [5.74, 6) is -0.232. The van der Waals surface area contributed by atoms with E-state index in [1.807, 2.05) is 26.0 Å². The van der Waals surface area contributed by atoms with E-state index in [0.29, 0.717) is 11.6 Å². The second kappa shape index (κ2) is 8.34. The fraction of sp³-hybridized carbons (Fsp3) is 0.318. The van der Waals surface area contributed by atoms with Crippen LogP contribution in [0.3, 0.4) is 0 Å². The van der Waals surface area contributed by atoms with Crippen LogP contribution >= 0.6 is 11.6 Å². The predicted molar refractivity (Wildman–Crippen MR) is 119 cm³/mol. The normalized spacial score (nSPS) is 15.9. The average molecular weight is 500 g/mol. The van der Waals surface area contributed by atoms with Crippen molar-refractivity contribution >= 4 is 38.4 Å². The number of aromatic amines is 1. The zero-order valence-electron chi connectivity index (χ0n) is 17.8. The fourth-order valence-electron chi connectivity index (χ4n) is 3.92. The van der Waals surface area contributed by atoms with Gasteiger partial charge in [0.05, 0.1) is 10.6 Å². The van der Waals surface area contributed by atoms with E-state index in [1.54, 1.807) is 6.07 Å². The van der Waals surface area contributed by atoms with Crippen molar-refractivity contribution in [1.82, 2.24) is 14.2 Å². The molecule has 1 aliphatic rings. The molecule has 0 radical (unpaired) electrons. The topological polar surface area (TPSA) is 73.5 Å². The highest BCUT2D eigenvalue weighted by Crippen LogP contribution is 2.34. The lowest BCUT2D eigenvalue weighted by Gasteiger charge is -2.34. The molecule has 3 aromatic rings. The van der Waals surface area contributed by atoms with Gasteiger partial charge in [-0.05, 0) is 55.8 Å². The number of nitrogens with zero attached hydrogens (tertiary/aromatic N) is 2. The first-order valence-electron chi connectivity index (χ1n) is 10.1. The number of sulfonamides is 1. The monoisotopic (exact) mass is 499 g/mol. The largest absolute Gasteiger partial charge is 0.416 e. The number of benzene rings is 2. The molecule has 0 saturated carbocycles. The van der Waals surface area contributed by atoms with Gasteiger partial charge in [0.2, 0.25) is 10.0 Å². The number of amides is 1. The van der Waals surface area contributed by atoms with Gasteiger partial charge in [-0.25, -0.2) is 8.42 Å². The number of aromatic nitrogens is 1. The summed E-state index contributed by atoms with van der Waals surface area (Å²) in [6.45, 7) is 4.03. The average Bonchev–Trinajstić information content (AvgIpc) is 3.05. The van der Waals surface area contributed by atoms with Crippen LogP contribution in [0.1, 0.15) is 27.2 Å². The van der Waals surface area contributed by atoms with Gasteiger partial charge in [-0.1, -0.05) is 11.6 Å². The second-order valence-corrected chi connectivity index (χ2v) is 10.3. The quantitative estimate of drug-likeness (QED) is 0.572. The molecule has 0 spiro atoms. The molecule has 4 rings (SSSR count). The molecule has 176 valence electrons. The lowest BCUT2D eigenvalue weighted by atomic mass is 10.1. The summed E-state index contributed by atoms with van der Waals surface area (Å²) in [5.41, 5.74) is 2.39. The van der Waals surface area contributed by atoms with Gasteiger partial charge in [-0.3, -0.25) is 4.79 Å². The van der Waals surface area contributed by atoms with E-state index in [9.17, 15) is 26.4 Å². The Kier molecular flexibility index (Phi) is 5.96. The minimum absolute atomic E-state index is 0.0504. The third-order valence-corrected chi connectivity index (χ3v) is 8.34. The molecule has 2 aromatic carbocycles. The van der Waals surface area contributed by atoms with Gasteiger partial charge in [0.15, 0.2) is 0 Å². The Morgan fingerprint density at radius 1 is 1.03 bits per heavy atom. The molecule has 1 aliphatic heterocycles. The summed E-state index contributed by atoms with van der Waals surface area (Å²) < 4.78 is 66.2. The molecule has 2 heterocycles. The molecule has 0 atom stereocenters. The van der Waals surface area contributed by atoms with Gasteiger partial charge in [-0.15, -0.1) is 0 Å². The maximum atomic E-state index is 13.1. The molecule has 33 heavy (non-hydrogen) atoms. The lowest BCUT2D eigenvalue weighted by molar-refractivity contribution is -0.137. The summed E-state index contributed by atoms with van der Waals surface area (Å²) in [4.78, 5) is 17.2. The number of aryl methyl sites for hydroxylation is 2. The summed E-state index contributed by atoms with van der Waals surface area (Å²) in [7, 11) is -4.26. The van der Waals surface area contributed by atoms with Gasteiger partial charge >= 0.3 is 6.18 Å². The highest BCUT2D eigenvalue weighted by atomic mass is 35.5. The number of nitrogens with one attached hydrogen (secondary N) is 1. The third kappa shape index (κ3) is 4.34. The third-order valence-electron chi connectivity index (χ3n) is 5.96. The van der Waals surface area contributed by atoms with Gasteiger partial charge in [0, 0.05) is 48.3 Å². The first kappa shape index (κ1) is 23.6. The van der Waals surface area contributed by atoms with Gasteiger partial charge < -0.3 is 9.88 Å². The smallest absolute Gasteiger partial charge is 0.358 e. The minimum Gasteiger partial charge on any atom is -0.358 e.